The van der Waals surface area contributed by atoms with Crippen LogP contribution in [-0.4, -0.2) is 41.5 Å². The van der Waals surface area contributed by atoms with Gasteiger partial charge >= 0.3 is 0 Å². The SMILES string of the molecule is COCCc1nc2cnc3cc(Br)ccc3c2n1CC1CCOCC1. The average molecular weight is 404 g/mol. The van der Waals surface area contributed by atoms with Crippen LogP contribution in [0.15, 0.2) is 28.9 Å². The molecule has 0 N–H and O–H groups in total. The lowest BCUT2D eigenvalue weighted by Gasteiger charge is -2.23. The van der Waals surface area contributed by atoms with Crippen molar-refractivity contribution in [3.63, 3.8) is 0 Å². The van der Waals surface area contributed by atoms with Crippen LogP contribution in [0.5, 0.6) is 0 Å². The van der Waals surface area contributed by atoms with E-state index in [4.69, 9.17) is 14.5 Å². The molecule has 1 saturated heterocycles. The molecule has 0 amide bonds. The van der Waals surface area contributed by atoms with Gasteiger partial charge in [-0.25, -0.2) is 4.98 Å². The zero-order valence-electron chi connectivity index (χ0n) is 14.4. The van der Waals surface area contributed by atoms with Crippen molar-refractivity contribution in [2.45, 2.75) is 25.8 Å². The Hall–Kier alpha value is -1.50. The Bertz CT molecular complexity index is 887. The Labute approximate surface area is 155 Å². The fourth-order valence-electron chi connectivity index (χ4n) is 3.60. The first-order chi connectivity index (χ1) is 12.3. The molecule has 1 aromatic carbocycles. The number of rotatable bonds is 5. The Morgan fingerprint density at radius 2 is 2.12 bits per heavy atom. The second-order valence-corrected chi connectivity index (χ2v) is 7.51. The summed E-state index contributed by atoms with van der Waals surface area (Å²) < 4.78 is 14.3. The van der Waals surface area contributed by atoms with E-state index >= 15 is 0 Å². The van der Waals surface area contributed by atoms with Gasteiger partial charge in [0.05, 0.1) is 23.8 Å². The van der Waals surface area contributed by atoms with Gasteiger partial charge in [-0.2, -0.15) is 0 Å². The summed E-state index contributed by atoms with van der Waals surface area (Å²) in [5.41, 5.74) is 3.15. The molecule has 1 aliphatic heterocycles. The Kier molecular flexibility index (Phi) is 5.01. The van der Waals surface area contributed by atoms with Crippen LogP contribution in [0.3, 0.4) is 0 Å². The highest BCUT2D eigenvalue weighted by Crippen LogP contribution is 2.29. The normalized spacial score (nSPS) is 16.1. The van der Waals surface area contributed by atoms with E-state index in [1.165, 1.54) is 5.52 Å². The number of fused-ring (bicyclic) bond motifs is 3. The van der Waals surface area contributed by atoms with Gasteiger partial charge in [-0.1, -0.05) is 15.9 Å². The molecule has 0 radical (unpaired) electrons. The Morgan fingerprint density at radius 1 is 1.28 bits per heavy atom. The topological polar surface area (TPSA) is 49.2 Å². The third-order valence-electron chi connectivity index (χ3n) is 4.93. The monoisotopic (exact) mass is 403 g/mol. The van der Waals surface area contributed by atoms with E-state index in [1.807, 2.05) is 6.20 Å². The molecular weight excluding hydrogens is 382 g/mol. The van der Waals surface area contributed by atoms with E-state index < -0.39 is 0 Å². The first-order valence-electron chi connectivity index (χ1n) is 8.76. The van der Waals surface area contributed by atoms with Gasteiger partial charge in [0.1, 0.15) is 11.3 Å². The van der Waals surface area contributed by atoms with Crippen LogP contribution in [-0.2, 0) is 22.4 Å². The molecule has 0 saturated carbocycles. The van der Waals surface area contributed by atoms with Crippen LogP contribution in [0.4, 0.5) is 0 Å². The molecule has 0 spiro atoms. The van der Waals surface area contributed by atoms with Gasteiger partial charge in [-0.15, -0.1) is 0 Å². The lowest BCUT2D eigenvalue weighted by atomic mass is 10.00. The second-order valence-electron chi connectivity index (χ2n) is 6.59. The summed E-state index contributed by atoms with van der Waals surface area (Å²) in [6, 6.07) is 6.27. The largest absolute Gasteiger partial charge is 0.384 e. The molecule has 5 nitrogen and oxygen atoms in total. The van der Waals surface area contributed by atoms with Crippen LogP contribution in [0, 0.1) is 5.92 Å². The minimum atomic E-state index is 0.631. The summed E-state index contributed by atoms with van der Waals surface area (Å²) in [6.07, 6.45) is 4.92. The zero-order valence-corrected chi connectivity index (χ0v) is 16.0. The van der Waals surface area contributed by atoms with Crippen LogP contribution >= 0.6 is 15.9 Å². The first kappa shape index (κ1) is 16.9. The summed E-state index contributed by atoms with van der Waals surface area (Å²) >= 11 is 3.54. The molecule has 0 atom stereocenters. The van der Waals surface area contributed by atoms with Crippen molar-refractivity contribution in [1.29, 1.82) is 0 Å². The minimum Gasteiger partial charge on any atom is -0.384 e. The molecular formula is C19H22BrN3O2. The summed E-state index contributed by atoms with van der Waals surface area (Å²) in [5, 5.41) is 1.16. The highest BCUT2D eigenvalue weighted by Gasteiger charge is 2.20. The molecule has 25 heavy (non-hydrogen) atoms. The van der Waals surface area contributed by atoms with Crippen molar-refractivity contribution < 1.29 is 9.47 Å². The minimum absolute atomic E-state index is 0.631. The molecule has 1 aliphatic rings. The molecule has 3 aromatic rings. The standard InChI is InChI=1S/C19H22BrN3O2/c1-24-7-6-18-22-17-11-21-16-10-14(20)2-3-15(16)19(17)23(18)12-13-4-8-25-9-5-13/h2-3,10-11,13H,4-9,12H2,1H3. The molecule has 1 fully saturated rings. The van der Waals surface area contributed by atoms with Crippen LogP contribution < -0.4 is 0 Å². The van der Waals surface area contributed by atoms with Crippen LogP contribution in [0.1, 0.15) is 18.7 Å². The molecule has 4 rings (SSSR count). The first-order valence-corrected chi connectivity index (χ1v) is 9.55. The van der Waals surface area contributed by atoms with Crippen molar-refractivity contribution in [2.75, 3.05) is 26.9 Å². The highest BCUT2D eigenvalue weighted by atomic mass is 79.9. The van der Waals surface area contributed by atoms with Gasteiger partial charge in [0, 0.05) is 43.1 Å². The van der Waals surface area contributed by atoms with E-state index in [-0.39, 0.29) is 0 Å². The second kappa shape index (κ2) is 7.40. The predicted molar refractivity (Wildman–Crippen MR) is 102 cm³/mol. The van der Waals surface area contributed by atoms with Gasteiger partial charge in [0.15, 0.2) is 0 Å². The summed E-state index contributed by atoms with van der Waals surface area (Å²) in [4.78, 5) is 9.46. The van der Waals surface area contributed by atoms with E-state index in [2.05, 4.69) is 43.7 Å². The number of pyridine rings is 1. The quantitative estimate of drug-likeness (QED) is 0.646. The summed E-state index contributed by atoms with van der Waals surface area (Å²) in [6.45, 7) is 3.38. The van der Waals surface area contributed by atoms with E-state index in [0.717, 1.165) is 65.7 Å². The molecule has 0 aliphatic carbocycles. The Balaban J connectivity index is 1.84. The van der Waals surface area contributed by atoms with Crippen molar-refractivity contribution in [1.82, 2.24) is 14.5 Å². The molecule has 3 heterocycles. The van der Waals surface area contributed by atoms with Crippen LogP contribution in [0.25, 0.3) is 21.9 Å². The van der Waals surface area contributed by atoms with E-state index in [0.29, 0.717) is 12.5 Å². The molecule has 0 unspecified atom stereocenters. The number of benzene rings is 1. The number of hydrogen-bond donors (Lipinski definition) is 0. The zero-order chi connectivity index (χ0) is 17.2. The summed E-state index contributed by atoms with van der Waals surface area (Å²) in [5.74, 6) is 1.71. The predicted octanol–water partition coefficient (Wildman–Crippen LogP) is 3.96. The smallest absolute Gasteiger partial charge is 0.112 e. The van der Waals surface area contributed by atoms with Gasteiger partial charge in [-0.05, 0) is 37.0 Å². The molecule has 132 valence electrons. The fraction of sp³-hybridized carbons (Fsp3) is 0.474. The van der Waals surface area contributed by atoms with Crippen molar-refractivity contribution in [3.8, 4) is 0 Å². The van der Waals surface area contributed by atoms with Crippen LogP contribution in [0.2, 0.25) is 0 Å². The van der Waals surface area contributed by atoms with E-state index in [1.54, 1.807) is 7.11 Å². The number of ether oxygens (including phenoxy) is 2. The lowest BCUT2D eigenvalue weighted by Crippen LogP contribution is -2.21. The number of hydrogen-bond acceptors (Lipinski definition) is 4. The maximum absolute atomic E-state index is 5.52. The number of imidazole rings is 1. The number of nitrogens with zero attached hydrogens (tertiary/aromatic N) is 3. The maximum atomic E-state index is 5.52. The Morgan fingerprint density at radius 3 is 2.92 bits per heavy atom. The average Bonchev–Trinajstić information content (AvgIpc) is 2.98. The van der Waals surface area contributed by atoms with Gasteiger partial charge in [0.2, 0.25) is 0 Å². The van der Waals surface area contributed by atoms with Crippen molar-refractivity contribution in [2.24, 2.45) is 5.92 Å². The van der Waals surface area contributed by atoms with E-state index in [9.17, 15) is 0 Å². The molecule has 2 aromatic heterocycles. The van der Waals surface area contributed by atoms with Crippen molar-refractivity contribution in [3.05, 3.63) is 34.7 Å². The number of halogens is 1. The third-order valence-corrected chi connectivity index (χ3v) is 5.42. The number of methoxy groups -OCH3 is 1. The third kappa shape index (κ3) is 3.43. The van der Waals surface area contributed by atoms with Gasteiger partial charge in [0.25, 0.3) is 0 Å². The van der Waals surface area contributed by atoms with Gasteiger partial charge in [-0.3, -0.25) is 4.98 Å². The molecule has 6 heteroatoms. The highest BCUT2D eigenvalue weighted by molar-refractivity contribution is 9.10. The summed E-state index contributed by atoms with van der Waals surface area (Å²) in [7, 11) is 1.74. The maximum Gasteiger partial charge on any atom is 0.112 e. The lowest BCUT2D eigenvalue weighted by molar-refractivity contribution is 0.0612. The molecule has 0 bridgehead atoms. The van der Waals surface area contributed by atoms with Crippen molar-refractivity contribution >= 4 is 37.9 Å². The van der Waals surface area contributed by atoms with Gasteiger partial charge < -0.3 is 14.0 Å². The number of aromatic nitrogens is 3. The fourth-order valence-corrected chi connectivity index (χ4v) is 3.95.